The Morgan fingerprint density at radius 1 is 1.07 bits per heavy atom. The largest absolute Gasteiger partial charge is 0.359 e. The molecule has 0 fully saturated rings. The number of pyridine rings is 1. The molecule has 0 saturated heterocycles. The van der Waals surface area contributed by atoms with Crippen LogP contribution < -0.4 is 5.32 Å². The fourth-order valence-electron chi connectivity index (χ4n) is 3.54. The van der Waals surface area contributed by atoms with Crippen LogP contribution in [0.15, 0.2) is 67.0 Å². The van der Waals surface area contributed by atoms with Crippen molar-refractivity contribution in [3.63, 3.8) is 0 Å². The highest BCUT2D eigenvalue weighted by Gasteiger charge is 2.08. The van der Waals surface area contributed by atoms with Gasteiger partial charge in [0.1, 0.15) is 0 Å². The van der Waals surface area contributed by atoms with Crippen molar-refractivity contribution in [2.24, 2.45) is 0 Å². The first-order valence-corrected chi connectivity index (χ1v) is 9.80. The van der Waals surface area contributed by atoms with Gasteiger partial charge in [0, 0.05) is 36.8 Å². The summed E-state index contributed by atoms with van der Waals surface area (Å²) in [4.78, 5) is 16.4. The van der Waals surface area contributed by atoms with Gasteiger partial charge in [-0.25, -0.2) is 4.98 Å². The van der Waals surface area contributed by atoms with Gasteiger partial charge >= 0.3 is 0 Å². The Kier molecular flexibility index (Phi) is 5.38. The molecule has 5 nitrogen and oxygen atoms in total. The summed E-state index contributed by atoms with van der Waals surface area (Å²) in [5, 5.41) is 8.09. The summed E-state index contributed by atoms with van der Waals surface area (Å²) in [7, 11) is 1.67. The van der Waals surface area contributed by atoms with Gasteiger partial charge in [-0.2, -0.15) is 5.10 Å². The maximum Gasteiger partial charge on any atom is 0.220 e. The van der Waals surface area contributed by atoms with Gasteiger partial charge in [-0.15, -0.1) is 0 Å². The van der Waals surface area contributed by atoms with E-state index >= 15 is 0 Å². The van der Waals surface area contributed by atoms with E-state index in [-0.39, 0.29) is 5.91 Å². The third kappa shape index (κ3) is 4.35. The molecule has 5 heteroatoms. The van der Waals surface area contributed by atoms with Crippen LogP contribution in [0, 0.1) is 6.92 Å². The van der Waals surface area contributed by atoms with Crippen LogP contribution in [0.4, 0.5) is 0 Å². The van der Waals surface area contributed by atoms with Gasteiger partial charge in [-0.3, -0.25) is 9.48 Å². The number of hydrogen-bond donors (Lipinski definition) is 1. The van der Waals surface area contributed by atoms with Crippen molar-refractivity contribution in [3.05, 3.63) is 83.7 Å². The molecule has 4 aromatic rings. The van der Waals surface area contributed by atoms with Crippen LogP contribution in [0.5, 0.6) is 0 Å². The molecule has 2 aromatic carbocycles. The van der Waals surface area contributed by atoms with Crippen molar-refractivity contribution in [3.8, 4) is 11.3 Å². The minimum absolute atomic E-state index is 0.0604. The topological polar surface area (TPSA) is 59.8 Å². The number of benzene rings is 2. The normalized spacial score (nSPS) is 11.0. The van der Waals surface area contributed by atoms with Crippen molar-refractivity contribution in [1.29, 1.82) is 0 Å². The van der Waals surface area contributed by atoms with Gasteiger partial charge < -0.3 is 5.32 Å². The molecule has 0 bridgehead atoms. The summed E-state index contributed by atoms with van der Waals surface area (Å²) in [5.74, 6) is 0.0604. The zero-order chi connectivity index (χ0) is 20.2. The van der Waals surface area contributed by atoms with Gasteiger partial charge in [-0.05, 0) is 60.4 Å². The van der Waals surface area contributed by atoms with Crippen LogP contribution in [-0.2, 0) is 17.8 Å². The predicted molar refractivity (Wildman–Crippen MR) is 116 cm³/mol. The standard InChI is InChI=1S/C24H24N4O/c1-17-13-23(20-6-3-5-19(14-20)16-28-12-4-11-26-28)27-22-9-7-18(15-21(17)22)8-10-24(29)25-2/h3-7,9,11-15H,8,10,16H2,1-2H3,(H,25,29). The second-order valence-corrected chi connectivity index (χ2v) is 7.25. The maximum absolute atomic E-state index is 11.5. The highest BCUT2D eigenvalue weighted by atomic mass is 16.1. The molecule has 0 spiro atoms. The van der Waals surface area contributed by atoms with E-state index in [4.69, 9.17) is 4.98 Å². The first-order valence-electron chi connectivity index (χ1n) is 9.80. The molecule has 0 aliphatic rings. The van der Waals surface area contributed by atoms with Gasteiger partial charge in [0.25, 0.3) is 0 Å². The Morgan fingerprint density at radius 2 is 1.97 bits per heavy atom. The molecule has 1 amide bonds. The molecule has 29 heavy (non-hydrogen) atoms. The van der Waals surface area contributed by atoms with Crippen LogP contribution in [0.1, 0.15) is 23.1 Å². The second kappa shape index (κ2) is 8.27. The first-order chi connectivity index (χ1) is 14.1. The molecular weight excluding hydrogens is 360 g/mol. The fraction of sp³-hybridized carbons (Fsp3) is 0.208. The van der Waals surface area contributed by atoms with Crippen molar-refractivity contribution in [1.82, 2.24) is 20.1 Å². The summed E-state index contributed by atoms with van der Waals surface area (Å²) >= 11 is 0. The van der Waals surface area contributed by atoms with Gasteiger partial charge in [0.2, 0.25) is 5.91 Å². The molecule has 0 atom stereocenters. The third-order valence-corrected chi connectivity index (χ3v) is 5.13. The van der Waals surface area contributed by atoms with Crippen molar-refractivity contribution in [2.45, 2.75) is 26.3 Å². The lowest BCUT2D eigenvalue weighted by atomic mass is 10.0. The second-order valence-electron chi connectivity index (χ2n) is 7.25. The quantitative estimate of drug-likeness (QED) is 0.544. The molecule has 2 aromatic heterocycles. The highest BCUT2D eigenvalue weighted by Crippen LogP contribution is 2.26. The SMILES string of the molecule is CNC(=O)CCc1ccc2nc(-c3cccc(Cn4cccn4)c3)cc(C)c2c1. The average molecular weight is 384 g/mol. The van der Waals surface area contributed by atoms with E-state index in [1.54, 1.807) is 13.2 Å². The minimum atomic E-state index is 0.0604. The number of nitrogens with one attached hydrogen (secondary N) is 1. The number of rotatable bonds is 6. The van der Waals surface area contributed by atoms with Gasteiger partial charge in [-0.1, -0.05) is 24.3 Å². The zero-order valence-corrected chi connectivity index (χ0v) is 16.7. The predicted octanol–water partition coefficient (Wildman–Crippen LogP) is 4.13. The molecule has 0 saturated carbocycles. The van der Waals surface area contributed by atoms with E-state index in [1.807, 2.05) is 16.9 Å². The van der Waals surface area contributed by atoms with E-state index < -0.39 is 0 Å². The third-order valence-electron chi connectivity index (χ3n) is 5.13. The number of amides is 1. The van der Waals surface area contributed by atoms with Gasteiger partial charge in [0.15, 0.2) is 0 Å². The van der Waals surface area contributed by atoms with Crippen LogP contribution >= 0.6 is 0 Å². The number of carbonyl (C=O) groups is 1. The Morgan fingerprint density at radius 3 is 2.76 bits per heavy atom. The molecule has 146 valence electrons. The fourth-order valence-corrected chi connectivity index (χ4v) is 3.54. The lowest BCUT2D eigenvalue weighted by Crippen LogP contribution is -2.17. The summed E-state index contributed by atoms with van der Waals surface area (Å²) in [6.07, 6.45) is 4.98. The molecule has 0 unspecified atom stereocenters. The monoisotopic (exact) mass is 384 g/mol. The molecule has 4 rings (SSSR count). The van der Waals surface area contributed by atoms with E-state index in [9.17, 15) is 4.79 Å². The lowest BCUT2D eigenvalue weighted by Gasteiger charge is -2.10. The average Bonchev–Trinajstić information content (AvgIpc) is 3.25. The zero-order valence-electron chi connectivity index (χ0n) is 16.7. The van der Waals surface area contributed by atoms with Crippen LogP contribution in [0.2, 0.25) is 0 Å². The summed E-state index contributed by atoms with van der Waals surface area (Å²) < 4.78 is 1.92. The number of aryl methyl sites for hydroxylation is 2. The minimum Gasteiger partial charge on any atom is -0.359 e. The molecule has 2 heterocycles. The number of hydrogen-bond acceptors (Lipinski definition) is 3. The number of carbonyl (C=O) groups excluding carboxylic acids is 1. The number of aromatic nitrogens is 3. The Balaban J connectivity index is 1.62. The van der Waals surface area contributed by atoms with Crippen LogP contribution in [-0.4, -0.2) is 27.7 Å². The van der Waals surface area contributed by atoms with Gasteiger partial charge in [0.05, 0.1) is 17.8 Å². The molecular formula is C24H24N4O. The van der Waals surface area contributed by atoms with Crippen molar-refractivity contribution < 1.29 is 4.79 Å². The smallest absolute Gasteiger partial charge is 0.220 e. The van der Waals surface area contributed by atoms with E-state index in [2.05, 4.69) is 65.9 Å². The Bertz CT molecular complexity index is 1150. The first kappa shape index (κ1) is 18.9. The molecule has 0 radical (unpaired) electrons. The molecule has 0 aliphatic heterocycles. The molecule has 0 aliphatic carbocycles. The highest BCUT2D eigenvalue weighted by molar-refractivity contribution is 5.86. The lowest BCUT2D eigenvalue weighted by molar-refractivity contribution is -0.120. The van der Waals surface area contributed by atoms with E-state index in [1.165, 1.54) is 11.1 Å². The summed E-state index contributed by atoms with van der Waals surface area (Å²) in [5.41, 5.74) is 6.57. The maximum atomic E-state index is 11.5. The van der Waals surface area contributed by atoms with E-state index in [0.29, 0.717) is 6.42 Å². The van der Waals surface area contributed by atoms with Crippen molar-refractivity contribution in [2.75, 3.05) is 7.05 Å². The Hall–Kier alpha value is -3.47. The van der Waals surface area contributed by atoms with Crippen LogP contribution in [0.3, 0.4) is 0 Å². The van der Waals surface area contributed by atoms with Crippen molar-refractivity contribution >= 4 is 16.8 Å². The summed E-state index contributed by atoms with van der Waals surface area (Å²) in [6.45, 7) is 2.85. The number of nitrogens with zero attached hydrogens (tertiary/aromatic N) is 3. The molecule has 1 N–H and O–H groups in total. The van der Waals surface area contributed by atoms with Crippen LogP contribution in [0.25, 0.3) is 22.2 Å². The summed E-state index contributed by atoms with van der Waals surface area (Å²) in [6, 6.07) is 18.8. The van der Waals surface area contributed by atoms with E-state index in [0.717, 1.165) is 40.7 Å². The Labute approximate surface area is 170 Å². The number of fused-ring (bicyclic) bond motifs is 1.